The molecule has 0 radical (unpaired) electrons. The second-order valence-electron chi connectivity index (χ2n) is 4.35. The number of aliphatic hydroxyl groups is 1. The number of unbranched alkanes of at least 4 members (excludes halogenated alkanes) is 5. The molecule has 1 N–H and O–H groups in total. The largest absolute Gasteiger partial charge is 0.461 e. The first kappa shape index (κ1) is 14.3. The molecule has 0 bridgehead atoms. The van der Waals surface area contributed by atoms with Crippen molar-refractivity contribution in [2.75, 3.05) is 6.61 Å². The van der Waals surface area contributed by atoms with Crippen molar-refractivity contribution in [3.63, 3.8) is 0 Å². The van der Waals surface area contributed by atoms with Crippen LogP contribution in [0.25, 0.3) is 0 Å². The van der Waals surface area contributed by atoms with E-state index in [9.17, 15) is 0 Å². The summed E-state index contributed by atoms with van der Waals surface area (Å²) in [4.78, 5) is 0. The van der Waals surface area contributed by atoms with Crippen LogP contribution in [0.1, 0.15) is 57.0 Å². The van der Waals surface area contributed by atoms with Crippen molar-refractivity contribution < 1.29 is 14.3 Å². The van der Waals surface area contributed by atoms with E-state index in [4.69, 9.17) is 14.3 Å². The molecule has 3 nitrogen and oxygen atoms in total. The summed E-state index contributed by atoms with van der Waals surface area (Å²) < 4.78 is 10.8. The lowest BCUT2D eigenvalue weighted by Gasteiger charge is -2.02. The maximum atomic E-state index is 8.83. The van der Waals surface area contributed by atoms with Crippen LogP contribution < -0.4 is 0 Å². The maximum Gasteiger partial charge on any atom is 0.129 e. The Kier molecular flexibility index (Phi) is 7.76. The molecule has 0 saturated carbocycles. The Morgan fingerprint density at radius 1 is 1.06 bits per heavy atom. The molecule has 3 heteroatoms. The molecule has 0 atom stereocenters. The van der Waals surface area contributed by atoms with Gasteiger partial charge in [0, 0.05) is 6.61 Å². The van der Waals surface area contributed by atoms with E-state index in [1.807, 2.05) is 6.07 Å². The highest BCUT2D eigenvalue weighted by atomic mass is 16.5. The van der Waals surface area contributed by atoms with Crippen LogP contribution in [0.3, 0.4) is 0 Å². The van der Waals surface area contributed by atoms with E-state index in [2.05, 4.69) is 6.92 Å². The molecular weight excluding hydrogens is 216 g/mol. The lowest BCUT2D eigenvalue weighted by molar-refractivity contribution is 0.0997. The highest BCUT2D eigenvalue weighted by molar-refractivity contribution is 5.05. The number of hydrogen-bond donors (Lipinski definition) is 1. The summed E-state index contributed by atoms with van der Waals surface area (Å²) in [5, 5.41) is 8.83. The summed E-state index contributed by atoms with van der Waals surface area (Å²) >= 11 is 0. The Hall–Kier alpha value is -0.800. The molecule has 98 valence electrons. The van der Waals surface area contributed by atoms with Crippen molar-refractivity contribution in [3.8, 4) is 0 Å². The molecule has 0 saturated heterocycles. The molecule has 0 spiro atoms. The van der Waals surface area contributed by atoms with Crippen LogP contribution in [0.5, 0.6) is 0 Å². The zero-order chi connectivity index (χ0) is 12.3. The molecule has 1 rings (SSSR count). The fourth-order valence-electron chi connectivity index (χ4n) is 1.74. The fourth-order valence-corrected chi connectivity index (χ4v) is 1.74. The van der Waals surface area contributed by atoms with Crippen LogP contribution in [0.15, 0.2) is 16.5 Å². The van der Waals surface area contributed by atoms with E-state index in [-0.39, 0.29) is 6.61 Å². The number of hydrogen-bond acceptors (Lipinski definition) is 3. The summed E-state index contributed by atoms with van der Waals surface area (Å²) in [7, 11) is 0. The van der Waals surface area contributed by atoms with Gasteiger partial charge in [-0.25, -0.2) is 0 Å². The predicted molar refractivity (Wildman–Crippen MR) is 67.7 cm³/mol. The second kappa shape index (κ2) is 9.25. The lowest BCUT2D eigenvalue weighted by Crippen LogP contribution is -1.94. The van der Waals surface area contributed by atoms with Crippen LogP contribution >= 0.6 is 0 Å². The average Bonchev–Trinajstić information content (AvgIpc) is 2.80. The molecule has 1 aromatic heterocycles. The second-order valence-corrected chi connectivity index (χ2v) is 4.35. The predicted octanol–water partition coefficient (Wildman–Crippen LogP) is 3.65. The third-order valence-electron chi connectivity index (χ3n) is 2.76. The Bertz CT molecular complexity index is 281. The van der Waals surface area contributed by atoms with Crippen molar-refractivity contribution in [2.24, 2.45) is 0 Å². The van der Waals surface area contributed by atoms with Gasteiger partial charge < -0.3 is 14.3 Å². The van der Waals surface area contributed by atoms with Gasteiger partial charge in [0.15, 0.2) is 0 Å². The molecule has 0 aliphatic heterocycles. The fraction of sp³-hybridized carbons (Fsp3) is 0.714. The van der Waals surface area contributed by atoms with Crippen molar-refractivity contribution >= 4 is 0 Å². The molecule has 0 aromatic carbocycles. The smallest absolute Gasteiger partial charge is 0.129 e. The van der Waals surface area contributed by atoms with Crippen LogP contribution in [-0.4, -0.2) is 11.7 Å². The van der Waals surface area contributed by atoms with Crippen molar-refractivity contribution in [1.82, 2.24) is 0 Å². The molecule has 0 aliphatic rings. The molecule has 17 heavy (non-hydrogen) atoms. The highest BCUT2D eigenvalue weighted by Gasteiger charge is 2.00. The van der Waals surface area contributed by atoms with Gasteiger partial charge in [-0.2, -0.15) is 0 Å². The Balaban J connectivity index is 1.93. The van der Waals surface area contributed by atoms with Gasteiger partial charge in [-0.05, 0) is 18.6 Å². The number of aliphatic hydroxyl groups excluding tert-OH is 1. The van der Waals surface area contributed by atoms with Gasteiger partial charge in [0.25, 0.3) is 0 Å². The van der Waals surface area contributed by atoms with Crippen LogP contribution in [-0.2, 0) is 18.0 Å². The zero-order valence-electron chi connectivity index (χ0n) is 10.8. The minimum Gasteiger partial charge on any atom is -0.461 e. The quantitative estimate of drug-likeness (QED) is 0.635. The molecule has 1 aromatic rings. The van der Waals surface area contributed by atoms with Crippen molar-refractivity contribution in [3.05, 3.63) is 23.7 Å². The monoisotopic (exact) mass is 240 g/mol. The Labute approximate surface area is 104 Å². The first-order valence-corrected chi connectivity index (χ1v) is 6.63. The molecular formula is C14H24O3. The summed E-state index contributed by atoms with van der Waals surface area (Å²) in [5.74, 6) is 1.39. The molecule has 0 amide bonds. The van der Waals surface area contributed by atoms with Crippen LogP contribution in [0, 0.1) is 0 Å². The van der Waals surface area contributed by atoms with E-state index in [1.54, 1.807) is 6.07 Å². The first-order valence-electron chi connectivity index (χ1n) is 6.63. The lowest BCUT2D eigenvalue weighted by atomic mass is 10.1. The third kappa shape index (κ3) is 6.49. The van der Waals surface area contributed by atoms with Gasteiger partial charge in [-0.3, -0.25) is 0 Å². The number of furan rings is 1. The summed E-state index contributed by atoms with van der Waals surface area (Å²) in [5.41, 5.74) is 0. The van der Waals surface area contributed by atoms with E-state index in [0.717, 1.165) is 18.8 Å². The molecule has 0 fully saturated rings. The van der Waals surface area contributed by atoms with Gasteiger partial charge in [0.05, 0.1) is 0 Å². The van der Waals surface area contributed by atoms with Gasteiger partial charge in [0.2, 0.25) is 0 Å². The Morgan fingerprint density at radius 2 is 1.76 bits per heavy atom. The number of rotatable bonds is 10. The average molecular weight is 240 g/mol. The summed E-state index contributed by atoms with van der Waals surface area (Å²) in [6.07, 6.45) is 7.66. The normalized spacial score (nSPS) is 10.9. The van der Waals surface area contributed by atoms with Gasteiger partial charge in [-0.1, -0.05) is 39.0 Å². The summed E-state index contributed by atoms with van der Waals surface area (Å²) in [6.45, 7) is 3.49. The number of ether oxygens (including phenoxy) is 1. The molecule has 0 unspecified atom stereocenters. The van der Waals surface area contributed by atoms with E-state index >= 15 is 0 Å². The van der Waals surface area contributed by atoms with Gasteiger partial charge >= 0.3 is 0 Å². The van der Waals surface area contributed by atoms with Crippen LogP contribution in [0.2, 0.25) is 0 Å². The minimum absolute atomic E-state index is 0.0442. The molecule has 1 heterocycles. The van der Waals surface area contributed by atoms with Gasteiger partial charge in [-0.15, -0.1) is 0 Å². The summed E-state index contributed by atoms with van der Waals surface area (Å²) in [6, 6.07) is 3.64. The van der Waals surface area contributed by atoms with Gasteiger partial charge in [0.1, 0.15) is 24.7 Å². The van der Waals surface area contributed by atoms with Crippen LogP contribution in [0.4, 0.5) is 0 Å². The first-order chi connectivity index (χ1) is 8.36. The zero-order valence-corrected chi connectivity index (χ0v) is 10.8. The molecule has 0 aliphatic carbocycles. The van der Waals surface area contributed by atoms with Crippen molar-refractivity contribution in [1.29, 1.82) is 0 Å². The van der Waals surface area contributed by atoms with E-state index in [0.29, 0.717) is 12.4 Å². The topological polar surface area (TPSA) is 42.6 Å². The highest BCUT2D eigenvalue weighted by Crippen LogP contribution is 2.10. The maximum absolute atomic E-state index is 8.83. The van der Waals surface area contributed by atoms with E-state index in [1.165, 1.54) is 32.1 Å². The Morgan fingerprint density at radius 3 is 2.47 bits per heavy atom. The standard InChI is InChI=1S/C14H24O3/c1-2-3-4-5-6-7-10-16-12-14-9-8-13(11-15)17-14/h8-9,15H,2-7,10-12H2,1H3. The minimum atomic E-state index is -0.0442. The third-order valence-corrected chi connectivity index (χ3v) is 2.76. The van der Waals surface area contributed by atoms with Crippen molar-refractivity contribution in [2.45, 2.75) is 58.7 Å². The SMILES string of the molecule is CCCCCCCCOCc1ccc(CO)o1. The van der Waals surface area contributed by atoms with E-state index < -0.39 is 0 Å².